The summed E-state index contributed by atoms with van der Waals surface area (Å²) in [5, 5.41) is 0. The highest BCUT2D eigenvalue weighted by molar-refractivity contribution is 7.89. The molecule has 4 rings (SSSR count). The molecule has 1 aromatic heterocycles. The molecular formula is C23H31N3O2S. The van der Waals surface area contributed by atoms with Gasteiger partial charge >= 0.3 is 0 Å². The summed E-state index contributed by atoms with van der Waals surface area (Å²) in [5.74, 6) is 1.01. The Morgan fingerprint density at radius 3 is 2.21 bits per heavy atom. The molecule has 156 valence electrons. The maximum absolute atomic E-state index is 13.3. The van der Waals surface area contributed by atoms with Crippen LogP contribution in [0.5, 0.6) is 0 Å². The molecule has 2 aliphatic rings. The minimum absolute atomic E-state index is 0.138. The quantitative estimate of drug-likeness (QED) is 0.730. The molecule has 0 saturated carbocycles. The van der Waals surface area contributed by atoms with Gasteiger partial charge in [-0.05, 0) is 56.4 Å². The highest BCUT2D eigenvalue weighted by atomic mass is 32.2. The number of sulfonamides is 1. The number of rotatable bonds is 4. The van der Waals surface area contributed by atoms with Crippen molar-refractivity contribution in [3.05, 3.63) is 53.7 Å². The molecule has 2 aliphatic heterocycles. The Morgan fingerprint density at radius 1 is 0.862 bits per heavy atom. The van der Waals surface area contributed by atoms with Crippen LogP contribution in [0.1, 0.15) is 62.1 Å². The van der Waals surface area contributed by atoms with Crippen molar-refractivity contribution in [3.8, 4) is 0 Å². The molecule has 6 heteroatoms. The fraction of sp³-hybridized carbons (Fsp3) is 0.522. The van der Waals surface area contributed by atoms with Gasteiger partial charge in [-0.2, -0.15) is 4.31 Å². The van der Waals surface area contributed by atoms with E-state index in [4.69, 9.17) is 4.98 Å². The van der Waals surface area contributed by atoms with E-state index in [-0.39, 0.29) is 6.04 Å². The number of hydrogen-bond acceptors (Lipinski definition) is 4. The van der Waals surface area contributed by atoms with Gasteiger partial charge in [0.25, 0.3) is 0 Å². The molecule has 0 amide bonds. The summed E-state index contributed by atoms with van der Waals surface area (Å²) in [7, 11) is -3.52. The first-order valence-electron chi connectivity index (χ1n) is 10.8. The summed E-state index contributed by atoms with van der Waals surface area (Å²) < 4.78 is 28.3. The van der Waals surface area contributed by atoms with Gasteiger partial charge in [0.15, 0.2) is 0 Å². The average molecular weight is 414 g/mol. The Labute approximate surface area is 174 Å². The predicted octanol–water partition coefficient (Wildman–Crippen LogP) is 4.69. The minimum atomic E-state index is -3.52. The van der Waals surface area contributed by atoms with Gasteiger partial charge in [-0.15, -0.1) is 0 Å². The molecule has 1 aromatic carbocycles. The summed E-state index contributed by atoms with van der Waals surface area (Å²) in [4.78, 5) is 7.46. The molecule has 3 heterocycles. The second-order valence-corrected chi connectivity index (χ2v) is 10.2. The largest absolute Gasteiger partial charge is 0.357 e. The number of pyridine rings is 1. The van der Waals surface area contributed by atoms with Crippen molar-refractivity contribution < 1.29 is 8.42 Å². The summed E-state index contributed by atoms with van der Waals surface area (Å²) >= 11 is 0. The predicted molar refractivity (Wildman–Crippen MR) is 117 cm³/mol. The summed E-state index contributed by atoms with van der Waals surface area (Å²) in [5.41, 5.74) is 2.06. The molecule has 0 N–H and O–H groups in total. The first-order valence-corrected chi connectivity index (χ1v) is 12.3. The summed E-state index contributed by atoms with van der Waals surface area (Å²) in [6, 6.07) is 11.2. The SMILES string of the molecule is Cc1ccc(S(=O)(=O)N2CCCC[C@@H]2c2ccc(N3CCCCCC3)nc2)cc1. The van der Waals surface area contributed by atoms with Gasteiger partial charge in [0.05, 0.1) is 10.9 Å². The monoisotopic (exact) mass is 413 g/mol. The third kappa shape index (κ3) is 4.48. The maximum Gasteiger partial charge on any atom is 0.243 e. The molecule has 0 bridgehead atoms. The van der Waals surface area contributed by atoms with E-state index in [0.29, 0.717) is 11.4 Å². The van der Waals surface area contributed by atoms with Crippen molar-refractivity contribution in [2.24, 2.45) is 0 Å². The summed E-state index contributed by atoms with van der Waals surface area (Å²) in [6.45, 7) is 4.65. The van der Waals surface area contributed by atoms with Crippen molar-refractivity contribution in [2.75, 3.05) is 24.5 Å². The van der Waals surface area contributed by atoms with Crippen LogP contribution in [0.4, 0.5) is 5.82 Å². The van der Waals surface area contributed by atoms with Crippen molar-refractivity contribution in [1.82, 2.24) is 9.29 Å². The van der Waals surface area contributed by atoms with E-state index in [0.717, 1.165) is 49.3 Å². The molecule has 2 saturated heterocycles. The zero-order valence-electron chi connectivity index (χ0n) is 17.3. The number of aromatic nitrogens is 1. The van der Waals surface area contributed by atoms with Gasteiger partial charge in [-0.1, -0.05) is 43.0 Å². The van der Waals surface area contributed by atoms with E-state index in [9.17, 15) is 8.42 Å². The van der Waals surface area contributed by atoms with Crippen LogP contribution in [0.25, 0.3) is 0 Å². The standard InChI is InChI=1S/C23H31N3O2S/c1-19-9-12-21(13-10-19)29(27,28)26-17-7-4-8-22(26)20-11-14-23(24-18-20)25-15-5-2-3-6-16-25/h9-14,18,22H,2-8,15-17H2,1H3/t22-/m1/s1. The molecule has 2 fully saturated rings. The molecular weight excluding hydrogens is 382 g/mol. The van der Waals surface area contributed by atoms with Crippen molar-refractivity contribution >= 4 is 15.8 Å². The third-order valence-electron chi connectivity index (χ3n) is 6.17. The Kier molecular flexibility index (Phi) is 6.20. The Morgan fingerprint density at radius 2 is 1.55 bits per heavy atom. The van der Waals surface area contributed by atoms with Crippen LogP contribution in [0.2, 0.25) is 0 Å². The van der Waals surface area contributed by atoms with E-state index in [1.54, 1.807) is 16.4 Å². The Balaban J connectivity index is 1.58. The lowest BCUT2D eigenvalue weighted by molar-refractivity contribution is 0.255. The normalized spacial score (nSPS) is 21.7. The number of piperidine rings is 1. The van der Waals surface area contributed by atoms with Crippen molar-refractivity contribution in [1.29, 1.82) is 0 Å². The second-order valence-electron chi connectivity index (χ2n) is 8.29. The average Bonchev–Trinajstić information content (AvgIpc) is 3.04. The third-order valence-corrected chi connectivity index (χ3v) is 8.09. The highest BCUT2D eigenvalue weighted by Gasteiger charge is 2.34. The molecule has 5 nitrogen and oxygen atoms in total. The lowest BCUT2D eigenvalue weighted by Crippen LogP contribution is -2.38. The number of aryl methyl sites for hydroxylation is 1. The van der Waals surface area contributed by atoms with Crippen LogP contribution in [0, 0.1) is 6.92 Å². The Hall–Kier alpha value is -1.92. The first-order chi connectivity index (χ1) is 14.1. The molecule has 0 aliphatic carbocycles. The van der Waals surface area contributed by atoms with Gasteiger partial charge < -0.3 is 4.90 Å². The smallest absolute Gasteiger partial charge is 0.243 e. The lowest BCUT2D eigenvalue weighted by Gasteiger charge is -2.35. The van der Waals surface area contributed by atoms with Crippen LogP contribution >= 0.6 is 0 Å². The van der Waals surface area contributed by atoms with E-state index in [2.05, 4.69) is 17.0 Å². The van der Waals surface area contributed by atoms with Crippen molar-refractivity contribution in [3.63, 3.8) is 0 Å². The van der Waals surface area contributed by atoms with Gasteiger partial charge in [-0.3, -0.25) is 0 Å². The van der Waals surface area contributed by atoms with E-state index in [1.165, 1.54) is 25.7 Å². The van der Waals surface area contributed by atoms with Crippen LogP contribution in [0.15, 0.2) is 47.5 Å². The zero-order valence-corrected chi connectivity index (χ0v) is 18.1. The van der Waals surface area contributed by atoms with Crippen LogP contribution in [0.3, 0.4) is 0 Å². The minimum Gasteiger partial charge on any atom is -0.357 e. The van der Waals surface area contributed by atoms with Crippen LogP contribution in [-0.4, -0.2) is 37.3 Å². The van der Waals surface area contributed by atoms with Crippen LogP contribution < -0.4 is 4.90 Å². The first kappa shape index (κ1) is 20.4. The van der Waals surface area contributed by atoms with Crippen molar-refractivity contribution in [2.45, 2.75) is 62.8 Å². The maximum atomic E-state index is 13.3. The molecule has 29 heavy (non-hydrogen) atoms. The molecule has 0 unspecified atom stereocenters. The number of anilines is 1. The van der Waals surface area contributed by atoms with E-state index >= 15 is 0 Å². The highest BCUT2D eigenvalue weighted by Crippen LogP contribution is 2.35. The van der Waals surface area contributed by atoms with Gasteiger partial charge in [0, 0.05) is 25.8 Å². The van der Waals surface area contributed by atoms with Crippen LogP contribution in [-0.2, 0) is 10.0 Å². The van der Waals surface area contributed by atoms with E-state index < -0.39 is 10.0 Å². The zero-order chi connectivity index (χ0) is 20.3. The number of nitrogens with zero attached hydrogens (tertiary/aromatic N) is 3. The fourth-order valence-electron chi connectivity index (χ4n) is 4.45. The van der Waals surface area contributed by atoms with Gasteiger partial charge in [0.1, 0.15) is 5.82 Å². The summed E-state index contributed by atoms with van der Waals surface area (Å²) in [6.07, 6.45) is 9.71. The number of hydrogen-bond donors (Lipinski definition) is 0. The topological polar surface area (TPSA) is 53.5 Å². The molecule has 2 aromatic rings. The Bertz CT molecular complexity index is 902. The number of benzene rings is 1. The molecule has 1 atom stereocenters. The van der Waals surface area contributed by atoms with Gasteiger partial charge in [-0.25, -0.2) is 13.4 Å². The lowest BCUT2D eigenvalue weighted by atomic mass is 9.99. The van der Waals surface area contributed by atoms with E-state index in [1.807, 2.05) is 25.3 Å². The second kappa shape index (κ2) is 8.84. The van der Waals surface area contributed by atoms with Gasteiger partial charge in [0.2, 0.25) is 10.0 Å². The molecule has 0 radical (unpaired) electrons. The molecule has 0 spiro atoms. The fourth-order valence-corrected chi connectivity index (χ4v) is 6.14.